The van der Waals surface area contributed by atoms with Gasteiger partial charge in [-0.25, -0.2) is 4.98 Å². The number of amides is 1. The van der Waals surface area contributed by atoms with Crippen molar-refractivity contribution < 1.29 is 22.7 Å². The number of halogens is 3. The van der Waals surface area contributed by atoms with Crippen LogP contribution in [0.2, 0.25) is 0 Å². The van der Waals surface area contributed by atoms with Gasteiger partial charge in [0.05, 0.1) is 29.3 Å². The molecular formula is C21H16F3N3O3. The van der Waals surface area contributed by atoms with Crippen LogP contribution in [0.1, 0.15) is 5.56 Å². The van der Waals surface area contributed by atoms with E-state index in [0.29, 0.717) is 10.9 Å². The minimum absolute atomic E-state index is 0.000540. The molecule has 0 aliphatic carbocycles. The monoisotopic (exact) mass is 415 g/mol. The molecule has 3 aromatic rings. The van der Waals surface area contributed by atoms with Crippen molar-refractivity contribution >= 4 is 16.8 Å². The molecule has 0 aliphatic rings. The number of para-hydroxylation sites is 1. The zero-order valence-electron chi connectivity index (χ0n) is 15.6. The normalized spacial score (nSPS) is 10.9. The number of hydrogen-bond acceptors (Lipinski definition) is 4. The molecule has 0 saturated heterocycles. The molecule has 1 N–H and O–H groups in total. The van der Waals surface area contributed by atoms with E-state index in [9.17, 15) is 22.8 Å². The molecule has 0 aliphatic heterocycles. The molecule has 9 heteroatoms. The first kappa shape index (κ1) is 20.9. The third-order valence-electron chi connectivity index (χ3n) is 4.02. The van der Waals surface area contributed by atoms with E-state index in [-0.39, 0.29) is 31.0 Å². The van der Waals surface area contributed by atoms with E-state index in [1.807, 2.05) is 0 Å². The number of carbonyl (C=O) groups excluding carboxylic acids is 1. The number of rotatable bonds is 5. The van der Waals surface area contributed by atoms with E-state index in [0.717, 1.165) is 12.1 Å². The van der Waals surface area contributed by atoms with Gasteiger partial charge in [0, 0.05) is 0 Å². The van der Waals surface area contributed by atoms with Crippen molar-refractivity contribution in [2.75, 3.05) is 13.2 Å². The van der Waals surface area contributed by atoms with Crippen LogP contribution in [0, 0.1) is 11.8 Å². The summed E-state index contributed by atoms with van der Waals surface area (Å²) in [6.07, 6.45) is -3.14. The second-order valence-corrected chi connectivity index (χ2v) is 6.14. The summed E-state index contributed by atoms with van der Waals surface area (Å²) >= 11 is 0. The highest BCUT2D eigenvalue weighted by Crippen LogP contribution is 2.31. The summed E-state index contributed by atoms with van der Waals surface area (Å²) in [7, 11) is 0. The Hall–Kier alpha value is -3.80. The van der Waals surface area contributed by atoms with Crippen LogP contribution in [0.15, 0.2) is 59.7 Å². The van der Waals surface area contributed by atoms with Crippen molar-refractivity contribution in [1.82, 2.24) is 14.9 Å². The van der Waals surface area contributed by atoms with E-state index in [1.165, 1.54) is 23.0 Å². The van der Waals surface area contributed by atoms with Crippen LogP contribution in [0.5, 0.6) is 5.75 Å². The van der Waals surface area contributed by atoms with E-state index in [4.69, 9.17) is 4.74 Å². The van der Waals surface area contributed by atoms with Gasteiger partial charge < -0.3 is 10.1 Å². The molecule has 1 heterocycles. The topological polar surface area (TPSA) is 73.2 Å². The Kier molecular flexibility index (Phi) is 6.37. The summed E-state index contributed by atoms with van der Waals surface area (Å²) in [5.41, 5.74) is -0.583. The molecule has 0 bridgehead atoms. The average molecular weight is 415 g/mol. The van der Waals surface area contributed by atoms with Gasteiger partial charge in [0.25, 0.3) is 5.56 Å². The first-order chi connectivity index (χ1) is 14.3. The van der Waals surface area contributed by atoms with Crippen molar-refractivity contribution in [3.63, 3.8) is 0 Å². The van der Waals surface area contributed by atoms with Gasteiger partial charge >= 0.3 is 6.18 Å². The summed E-state index contributed by atoms with van der Waals surface area (Å²) < 4.78 is 44.3. The van der Waals surface area contributed by atoms with E-state index in [2.05, 4.69) is 22.1 Å². The van der Waals surface area contributed by atoms with Gasteiger partial charge in [0.15, 0.2) is 0 Å². The summed E-state index contributed by atoms with van der Waals surface area (Å²) in [5, 5.41) is 2.95. The van der Waals surface area contributed by atoms with Crippen LogP contribution in [0.4, 0.5) is 13.2 Å². The summed E-state index contributed by atoms with van der Waals surface area (Å²) in [4.78, 5) is 28.4. The maximum absolute atomic E-state index is 12.6. The van der Waals surface area contributed by atoms with E-state index < -0.39 is 17.6 Å². The highest BCUT2D eigenvalue weighted by atomic mass is 19.4. The minimum atomic E-state index is -4.45. The number of nitrogens with zero attached hydrogens (tertiary/aromatic N) is 2. The quantitative estimate of drug-likeness (QED) is 0.651. The molecule has 3 rings (SSSR count). The standard InChI is InChI=1S/C21H16F3N3O3/c22-21(23,24)15-6-5-7-16(12-15)30-11-4-3-10-25-19(28)13-27-14-26-18-9-2-1-8-17(18)20(27)29/h1-2,5-9,12,14H,10-11,13H2,(H,25,28). The largest absolute Gasteiger partial charge is 0.481 e. The van der Waals surface area contributed by atoms with E-state index in [1.54, 1.807) is 24.3 Å². The van der Waals surface area contributed by atoms with Crippen LogP contribution < -0.4 is 15.6 Å². The van der Waals surface area contributed by atoms with Gasteiger partial charge in [-0.05, 0) is 30.3 Å². The number of benzene rings is 2. The summed E-state index contributed by atoms with van der Waals surface area (Å²) in [6.45, 7) is -0.342. The molecular weight excluding hydrogens is 399 g/mol. The Balaban J connectivity index is 1.47. The zero-order chi connectivity index (χ0) is 21.6. The maximum atomic E-state index is 12.6. The predicted octanol–water partition coefficient (Wildman–Crippen LogP) is 2.61. The number of ether oxygens (including phenoxy) is 1. The minimum Gasteiger partial charge on any atom is -0.481 e. The summed E-state index contributed by atoms with van der Waals surface area (Å²) in [6, 6.07) is 11.3. The second kappa shape index (κ2) is 9.13. The Morgan fingerprint density at radius 1 is 1.13 bits per heavy atom. The van der Waals surface area contributed by atoms with Gasteiger partial charge in [0.2, 0.25) is 5.91 Å². The number of aromatic nitrogens is 2. The van der Waals surface area contributed by atoms with E-state index >= 15 is 0 Å². The van der Waals surface area contributed by atoms with Crippen LogP contribution in [0.25, 0.3) is 10.9 Å². The van der Waals surface area contributed by atoms with Crippen molar-refractivity contribution in [3.8, 4) is 17.6 Å². The lowest BCUT2D eigenvalue weighted by molar-refractivity contribution is -0.137. The molecule has 0 fully saturated rings. The number of carbonyl (C=O) groups is 1. The molecule has 2 aromatic carbocycles. The number of nitrogens with one attached hydrogen (secondary N) is 1. The molecule has 154 valence electrons. The predicted molar refractivity (Wildman–Crippen MR) is 104 cm³/mol. The summed E-state index contributed by atoms with van der Waals surface area (Å²) in [5.74, 6) is 4.85. The molecule has 0 radical (unpaired) electrons. The molecule has 0 saturated carbocycles. The molecule has 30 heavy (non-hydrogen) atoms. The fourth-order valence-electron chi connectivity index (χ4n) is 2.57. The lowest BCUT2D eigenvalue weighted by atomic mass is 10.2. The third-order valence-corrected chi connectivity index (χ3v) is 4.02. The lowest BCUT2D eigenvalue weighted by Crippen LogP contribution is -2.32. The fourth-order valence-corrected chi connectivity index (χ4v) is 2.57. The Morgan fingerprint density at radius 2 is 1.93 bits per heavy atom. The van der Waals surface area contributed by atoms with Gasteiger partial charge in [-0.2, -0.15) is 13.2 Å². The smallest absolute Gasteiger partial charge is 0.416 e. The van der Waals surface area contributed by atoms with Crippen LogP contribution in [0.3, 0.4) is 0 Å². The van der Waals surface area contributed by atoms with Crippen molar-refractivity contribution in [2.24, 2.45) is 0 Å². The molecule has 1 aromatic heterocycles. The zero-order valence-corrected chi connectivity index (χ0v) is 15.6. The molecule has 0 spiro atoms. The maximum Gasteiger partial charge on any atom is 0.416 e. The lowest BCUT2D eigenvalue weighted by Gasteiger charge is -2.08. The molecule has 6 nitrogen and oxygen atoms in total. The third kappa shape index (κ3) is 5.38. The van der Waals surface area contributed by atoms with Gasteiger partial charge in [-0.15, -0.1) is 0 Å². The first-order valence-electron chi connectivity index (χ1n) is 8.81. The number of fused-ring (bicyclic) bond motifs is 1. The van der Waals surface area contributed by atoms with Gasteiger partial charge in [0.1, 0.15) is 18.9 Å². The molecule has 0 unspecified atom stereocenters. The number of hydrogen-bond donors (Lipinski definition) is 1. The Morgan fingerprint density at radius 3 is 2.73 bits per heavy atom. The SMILES string of the molecule is O=C(Cn1cnc2ccccc2c1=O)NCC#CCOc1cccc(C(F)(F)F)c1. The van der Waals surface area contributed by atoms with Crippen molar-refractivity contribution in [3.05, 3.63) is 70.8 Å². The highest BCUT2D eigenvalue weighted by molar-refractivity contribution is 5.78. The van der Waals surface area contributed by atoms with Gasteiger partial charge in [-0.3, -0.25) is 14.2 Å². The molecule has 1 amide bonds. The average Bonchev–Trinajstić information content (AvgIpc) is 2.72. The Bertz CT molecular complexity index is 1180. The highest BCUT2D eigenvalue weighted by Gasteiger charge is 2.30. The van der Waals surface area contributed by atoms with Gasteiger partial charge in [-0.1, -0.05) is 30.0 Å². The fraction of sp³-hybridized carbons (Fsp3) is 0.190. The number of alkyl halides is 3. The first-order valence-corrected chi connectivity index (χ1v) is 8.81. The second-order valence-electron chi connectivity index (χ2n) is 6.14. The van der Waals surface area contributed by atoms with Crippen molar-refractivity contribution in [2.45, 2.75) is 12.7 Å². The van der Waals surface area contributed by atoms with Crippen LogP contribution >= 0.6 is 0 Å². The van der Waals surface area contributed by atoms with Crippen molar-refractivity contribution in [1.29, 1.82) is 0 Å². The Labute approximate surface area is 169 Å². The molecule has 0 atom stereocenters. The van der Waals surface area contributed by atoms with Crippen LogP contribution in [-0.4, -0.2) is 28.6 Å². The van der Waals surface area contributed by atoms with Crippen LogP contribution in [-0.2, 0) is 17.5 Å².